The highest BCUT2D eigenvalue weighted by Gasteiger charge is 2.25. The molecule has 4 aromatic rings. The number of hydrogen-bond donors (Lipinski definition) is 0. The summed E-state index contributed by atoms with van der Waals surface area (Å²) in [5.74, 6) is -8.58. The predicted octanol–water partition coefficient (Wildman–Crippen LogP) is 15.2. The van der Waals surface area contributed by atoms with Gasteiger partial charge in [-0.25, -0.2) is 0 Å². The third-order valence-corrected chi connectivity index (χ3v) is 13.1. The highest BCUT2D eigenvalue weighted by atomic mass is 16.6. The van der Waals surface area contributed by atoms with Crippen molar-refractivity contribution in [3.8, 4) is 67.9 Å². The van der Waals surface area contributed by atoms with Gasteiger partial charge in [-0.3, -0.25) is 57.5 Å². The number of esters is 12. The Morgan fingerprint density at radius 1 is 0.186 bits per heavy atom. The van der Waals surface area contributed by atoms with E-state index in [-0.39, 0.29) is 183 Å². The second-order valence-corrected chi connectivity index (χ2v) is 30.4. The molecule has 0 atom stereocenters. The van der Waals surface area contributed by atoms with Crippen molar-refractivity contribution in [1.82, 2.24) is 0 Å². The molecule has 558 valence electrons. The lowest BCUT2D eigenvalue weighted by Gasteiger charge is -2.19. The van der Waals surface area contributed by atoms with Gasteiger partial charge in [0.05, 0.1) is 0 Å². The van der Waals surface area contributed by atoms with E-state index in [1.54, 1.807) is 143 Å². The van der Waals surface area contributed by atoms with Crippen LogP contribution in [0.4, 0.5) is 0 Å². The summed E-state index contributed by atoms with van der Waals surface area (Å²) in [6.45, 7) is 30.8. The standard InChI is InChI=1S/C78H102O24/c1-73(2,3)97-67(85)31-19-25-61(79)91-55-40-52(41-56(46-55)92-62(80)26-20-32-68(86)98-74(4,5)6)49-37-50(53-42-57(93-63(81)27-21-33-69(87)99-75(7,8)9)47-58(43-53)94-64(82)28-22-34-70(88)100-76(10,11)12)39-51(38-49)54-44-59(95-65(83)29-23-35-71(89)101-77(13,14)15)48-60(45-54)96-66(84)30-24-36-72(90)102-78(16,17)18/h37-48H,19-36H2,1-18H3. The number of hydrogen-bond acceptors (Lipinski definition) is 24. The topological polar surface area (TPSA) is 316 Å². The van der Waals surface area contributed by atoms with Crippen LogP contribution in [-0.4, -0.2) is 105 Å². The summed E-state index contributed by atoms with van der Waals surface area (Å²) < 4.78 is 67.8. The van der Waals surface area contributed by atoms with E-state index in [2.05, 4.69) is 0 Å². The molecule has 24 heteroatoms. The van der Waals surface area contributed by atoms with Gasteiger partial charge in [0.2, 0.25) is 0 Å². The summed E-state index contributed by atoms with van der Waals surface area (Å²) in [6.07, 6.45) is -1.84. The van der Waals surface area contributed by atoms with Crippen molar-refractivity contribution >= 4 is 71.6 Å². The van der Waals surface area contributed by atoms with Crippen LogP contribution in [-0.2, 0) is 86.0 Å². The quantitative estimate of drug-likeness (QED) is 0.0243. The van der Waals surface area contributed by atoms with Gasteiger partial charge in [0, 0.05) is 95.2 Å². The second kappa shape index (κ2) is 38.0. The van der Waals surface area contributed by atoms with Crippen molar-refractivity contribution in [2.75, 3.05) is 0 Å². The van der Waals surface area contributed by atoms with Crippen LogP contribution in [0.1, 0.15) is 240 Å². The Balaban J connectivity index is 2.03. The van der Waals surface area contributed by atoms with Crippen molar-refractivity contribution in [1.29, 1.82) is 0 Å². The normalized spacial score (nSPS) is 11.8. The molecule has 4 aromatic carbocycles. The Morgan fingerprint density at radius 3 is 0.431 bits per heavy atom. The molecule has 0 amide bonds. The van der Waals surface area contributed by atoms with Gasteiger partial charge in [-0.1, -0.05) is 0 Å². The van der Waals surface area contributed by atoms with E-state index in [0.717, 1.165) is 0 Å². The first kappa shape index (κ1) is 84.9. The minimum atomic E-state index is -0.775. The number of rotatable bonds is 33. The van der Waals surface area contributed by atoms with Gasteiger partial charge >= 0.3 is 71.6 Å². The highest BCUT2D eigenvalue weighted by molar-refractivity contribution is 5.87. The molecule has 4 rings (SSSR count). The van der Waals surface area contributed by atoms with E-state index >= 15 is 0 Å². The van der Waals surface area contributed by atoms with Gasteiger partial charge in [-0.2, -0.15) is 0 Å². The molecule has 0 spiro atoms. The molecule has 0 fully saturated rings. The minimum Gasteiger partial charge on any atom is -0.460 e. The molecule has 0 aliphatic carbocycles. The fourth-order valence-electron chi connectivity index (χ4n) is 9.41. The maximum Gasteiger partial charge on any atom is 0.311 e. The lowest BCUT2D eigenvalue weighted by molar-refractivity contribution is -0.156. The molecular formula is C78H102O24. The smallest absolute Gasteiger partial charge is 0.311 e. The molecule has 0 aromatic heterocycles. The first-order valence-electron chi connectivity index (χ1n) is 34.3. The van der Waals surface area contributed by atoms with Gasteiger partial charge in [0.25, 0.3) is 0 Å². The molecule has 0 bridgehead atoms. The maximum absolute atomic E-state index is 13.7. The summed E-state index contributed by atoms with van der Waals surface area (Å²) in [5.41, 5.74) is -3.14. The number of carbonyl (C=O) groups is 12. The summed E-state index contributed by atoms with van der Waals surface area (Å²) in [7, 11) is 0. The van der Waals surface area contributed by atoms with Crippen LogP contribution in [0.3, 0.4) is 0 Å². The Hall–Kier alpha value is -9.48. The van der Waals surface area contributed by atoms with E-state index in [1.807, 2.05) is 0 Å². The molecule has 0 aliphatic rings. The van der Waals surface area contributed by atoms with Gasteiger partial charge in [-0.15, -0.1) is 0 Å². The Labute approximate surface area is 598 Å². The van der Waals surface area contributed by atoms with Crippen molar-refractivity contribution < 1.29 is 114 Å². The first-order chi connectivity index (χ1) is 47.1. The molecule has 0 aliphatic heterocycles. The molecule has 0 radical (unpaired) electrons. The average molecular weight is 1420 g/mol. The van der Waals surface area contributed by atoms with Crippen molar-refractivity contribution in [2.45, 2.75) is 274 Å². The fourth-order valence-corrected chi connectivity index (χ4v) is 9.41. The van der Waals surface area contributed by atoms with Crippen LogP contribution in [0.25, 0.3) is 33.4 Å². The molecule has 0 N–H and O–H groups in total. The van der Waals surface area contributed by atoms with Crippen LogP contribution >= 0.6 is 0 Å². The van der Waals surface area contributed by atoms with E-state index in [0.29, 0.717) is 0 Å². The lowest BCUT2D eigenvalue weighted by Crippen LogP contribution is -2.23. The monoisotopic (exact) mass is 1420 g/mol. The van der Waals surface area contributed by atoms with E-state index in [1.165, 1.54) is 54.6 Å². The Kier molecular flexibility index (Phi) is 31.6. The third kappa shape index (κ3) is 36.7. The summed E-state index contributed by atoms with van der Waals surface area (Å²) in [4.78, 5) is 158. The molecule has 24 nitrogen and oxygen atoms in total. The van der Waals surface area contributed by atoms with Crippen LogP contribution in [0.2, 0.25) is 0 Å². The minimum absolute atomic E-state index is 0.0476. The van der Waals surface area contributed by atoms with E-state index < -0.39 is 105 Å². The third-order valence-electron chi connectivity index (χ3n) is 13.1. The van der Waals surface area contributed by atoms with Gasteiger partial charge < -0.3 is 56.8 Å². The predicted molar refractivity (Wildman–Crippen MR) is 375 cm³/mol. The summed E-state index contributed by atoms with van der Waals surface area (Å²) >= 11 is 0. The molecule has 0 saturated heterocycles. The molecule has 102 heavy (non-hydrogen) atoms. The van der Waals surface area contributed by atoms with Gasteiger partial charge in [-0.05, 0) is 251 Å². The molecular weight excluding hydrogens is 1320 g/mol. The SMILES string of the molecule is CC(C)(C)OC(=O)CCCC(=O)Oc1cc(OC(=O)CCCC(=O)OC(C)(C)C)cc(-c2cc(-c3cc(OC(=O)CCCC(=O)OC(C)(C)C)cc(OC(=O)CCCC(=O)OC(C)(C)C)c3)cc(-c3cc(OC(=O)CCCC(=O)OC(C)(C)C)cc(OC(=O)CCCC(=O)OC(C)(C)C)c3)c2)c1. The van der Waals surface area contributed by atoms with E-state index in [4.69, 9.17) is 56.8 Å². The zero-order chi connectivity index (χ0) is 76.6. The molecule has 0 unspecified atom stereocenters. The average Bonchev–Trinajstić information content (AvgIpc) is 0.783. The highest BCUT2D eigenvalue weighted by Crippen LogP contribution is 2.41. The Bertz CT molecular complexity index is 3060. The molecule has 0 saturated carbocycles. The van der Waals surface area contributed by atoms with Crippen LogP contribution < -0.4 is 28.4 Å². The largest absolute Gasteiger partial charge is 0.460 e. The first-order valence-corrected chi connectivity index (χ1v) is 34.3. The zero-order valence-electron chi connectivity index (χ0n) is 62.5. The van der Waals surface area contributed by atoms with Gasteiger partial charge in [0.1, 0.15) is 68.1 Å². The Morgan fingerprint density at radius 2 is 0.304 bits per heavy atom. The van der Waals surface area contributed by atoms with Crippen LogP contribution in [0.5, 0.6) is 34.5 Å². The van der Waals surface area contributed by atoms with Crippen molar-refractivity contribution in [2.24, 2.45) is 0 Å². The number of ether oxygens (including phenoxy) is 12. The molecule has 0 heterocycles. The second-order valence-electron chi connectivity index (χ2n) is 30.4. The van der Waals surface area contributed by atoms with E-state index in [9.17, 15) is 57.5 Å². The van der Waals surface area contributed by atoms with Crippen LogP contribution in [0.15, 0.2) is 72.8 Å². The number of carbonyl (C=O) groups excluding carboxylic acids is 12. The fraction of sp³-hybridized carbons (Fsp3) is 0.538. The zero-order valence-corrected chi connectivity index (χ0v) is 62.5. The summed E-state index contributed by atoms with van der Waals surface area (Å²) in [5, 5.41) is 0. The van der Waals surface area contributed by atoms with Crippen LogP contribution in [0, 0.1) is 0 Å². The van der Waals surface area contributed by atoms with Crippen molar-refractivity contribution in [3.05, 3.63) is 72.8 Å². The summed E-state index contributed by atoms with van der Waals surface area (Å²) in [6, 6.07) is 17.6. The lowest BCUT2D eigenvalue weighted by atomic mass is 9.92. The maximum atomic E-state index is 13.7. The number of benzene rings is 4. The van der Waals surface area contributed by atoms with Crippen molar-refractivity contribution in [3.63, 3.8) is 0 Å². The van der Waals surface area contributed by atoms with Gasteiger partial charge in [0.15, 0.2) is 0 Å².